The first-order valence-corrected chi connectivity index (χ1v) is 5.87. The molecule has 1 unspecified atom stereocenters. The van der Waals surface area contributed by atoms with Crippen molar-refractivity contribution in [2.45, 2.75) is 26.7 Å². The highest BCUT2D eigenvalue weighted by Crippen LogP contribution is 2.19. The van der Waals surface area contributed by atoms with Crippen molar-refractivity contribution in [3.8, 4) is 11.4 Å². The lowest BCUT2D eigenvalue weighted by atomic mass is 10.1. The first kappa shape index (κ1) is 11.6. The average Bonchev–Trinajstić information content (AvgIpc) is 2.77. The summed E-state index contributed by atoms with van der Waals surface area (Å²) < 4.78 is 5.23. The van der Waals surface area contributed by atoms with Gasteiger partial charge in [0.1, 0.15) is 0 Å². The zero-order valence-electron chi connectivity index (χ0n) is 10.2. The van der Waals surface area contributed by atoms with Crippen molar-refractivity contribution in [1.82, 2.24) is 10.1 Å². The molecule has 0 bridgehead atoms. The van der Waals surface area contributed by atoms with Crippen molar-refractivity contribution in [2.75, 3.05) is 5.73 Å². The fourth-order valence-electron chi connectivity index (χ4n) is 1.58. The summed E-state index contributed by atoms with van der Waals surface area (Å²) in [5.41, 5.74) is 7.32. The number of aromatic nitrogens is 2. The zero-order valence-corrected chi connectivity index (χ0v) is 10.2. The molecule has 2 N–H and O–H groups in total. The Morgan fingerprint density at radius 3 is 2.94 bits per heavy atom. The number of hydrogen-bond acceptors (Lipinski definition) is 4. The summed E-state index contributed by atoms with van der Waals surface area (Å²) in [6.45, 7) is 4.32. The van der Waals surface area contributed by atoms with Gasteiger partial charge in [-0.25, -0.2) is 0 Å². The molecule has 90 valence electrons. The molecule has 17 heavy (non-hydrogen) atoms. The lowest BCUT2D eigenvalue weighted by molar-refractivity contribution is 0.356. The van der Waals surface area contributed by atoms with Crippen LogP contribution >= 0.6 is 0 Å². The highest BCUT2D eigenvalue weighted by molar-refractivity contribution is 5.60. The Balaban J connectivity index is 2.18. The molecule has 2 rings (SSSR count). The van der Waals surface area contributed by atoms with Gasteiger partial charge in [0.05, 0.1) is 0 Å². The lowest BCUT2D eigenvalue weighted by Crippen LogP contribution is -1.97. The predicted molar refractivity (Wildman–Crippen MR) is 67.3 cm³/mol. The van der Waals surface area contributed by atoms with Crippen molar-refractivity contribution < 1.29 is 4.52 Å². The smallest absolute Gasteiger partial charge is 0.227 e. The molecule has 0 radical (unpaired) electrons. The molecule has 2 aromatic rings. The Kier molecular flexibility index (Phi) is 3.42. The monoisotopic (exact) mass is 231 g/mol. The molecule has 1 heterocycles. The Hall–Kier alpha value is -1.84. The number of nitrogens with zero attached hydrogens (tertiary/aromatic N) is 2. The molecule has 0 saturated heterocycles. The van der Waals surface area contributed by atoms with Crippen LogP contribution < -0.4 is 5.73 Å². The van der Waals surface area contributed by atoms with E-state index >= 15 is 0 Å². The van der Waals surface area contributed by atoms with Gasteiger partial charge in [0.25, 0.3) is 0 Å². The van der Waals surface area contributed by atoms with Crippen LogP contribution in [0.5, 0.6) is 0 Å². The largest absolute Gasteiger partial charge is 0.399 e. The SMILES string of the molecule is CCC(C)Cc1nc(-c2cccc(N)c2)no1. The van der Waals surface area contributed by atoms with E-state index in [1.165, 1.54) is 0 Å². The van der Waals surface area contributed by atoms with E-state index in [-0.39, 0.29) is 0 Å². The van der Waals surface area contributed by atoms with E-state index in [0.717, 1.165) is 18.4 Å². The number of nitrogen functional groups attached to an aromatic ring is 1. The number of nitrogens with two attached hydrogens (primary N) is 1. The van der Waals surface area contributed by atoms with Crippen LogP contribution in [0.15, 0.2) is 28.8 Å². The van der Waals surface area contributed by atoms with Gasteiger partial charge in [0, 0.05) is 17.7 Å². The molecule has 4 nitrogen and oxygen atoms in total. The molecule has 0 fully saturated rings. The maximum atomic E-state index is 5.72. The van der Waals surface area contributed by atoms with Gasteiger partial charge >= 0.3 is 0 Å². The molecule has 0 aliphatic carbocycles. The second-order valence-corrected chi connectivity index (χ2v) is 4.35. The maximum absolute atomic E-state index is 5.72. The number of rotatable bonds is 4. The Bertz CT molecular complexity index is 493. The van der Waals surface area contributed by atoms with Crippen LogP contribution in [0.25, 0.3) is 11.4 Å². The van der Waals surface area contributed by atoms with E-state index in [2.05, 4.69) is 24.0 Å². The molecule has 0 saturated carbocycles. The number of benzene rings is 1. The van der Waals surface area contributed by atoms with Crippen molar-refractivity contribution in [3.63, 3.8) is 0 Å². The normalized spacial score (nSPS) is 12.6. The number of anilines is 1. The van der Waals surface area contributed by atoms with Crippen molar-refractivity contribution in [2.24, 2.45) is 5.92 Å². The molecule has 4 heteroatoms. The fraction of sp³-hybridized carbons (Fsp3) is 0.385. The van der Waals surface area contributed by atoms with E-state index in [1.807, 2.05) is 24.3 Å². The summed E-state index contributed by atoms with van der Waals surface area (Å²) in [6, 6.07) is 7.49. The van der Waals surface area contributed by atoms with E-state index in [4.69, 9.17) is 10.3 Å². The van der Waals surface area contributed by atoms with Gasteiger partial charge in [-0.05, 0) is 18.1 Å². The molecule has 0 spiro atoms. The van der Waals surface area contributed by atoms with E-state index < -0.39 is 0 Å². The lowest BCUT2D eigenvalue weighted by Gasteiger charge is -2.01. The molecule has 0 aliphatic rings. The second kappa shape index (κ2) is 4.99. The van der Waals surface area contributed by atoms with Crippen LogP contribution in [-0.4, -0.2) is 10.1 Å². The summed E-state index contributed by atoms with van der Waals surface area (Å²) in [7, 11) is 0. The highest BCUT2D eigenvalue weighted by Gasteiger charge is 2.11. The molecule has 0 amide bonds. The van der Waals surface area contributed by atoms with Gasteiger partial charge in [-0.3, -0.25) is 0 Å². The molecule has 1 aromatic carbocycles. The van der Waals surface area contributed by atoms with E-state index in [0.29, 0.717) is 23.3 Å². The average molecular weight is 231 g/mol. The molecular weight excluding hydrogens is 214 g/mol. The van der Waals surface area contributed by atoms with Gasteiger partial charge in [-0.2, -0.15) is 4.98 Å². The minimum absolute atomic E-state index is 0.559. The summed E-state index contributed by atoms with van der Waals surface area (Å²) in [5.74, 6) is 1.86. The van der Waals surface area contributed by atoms with Gasteiger partial charge in [-0.1, -0.05) is 37.6 Å². The highest BCUT2D eigenvalue weighted by atomic mass is 16.5. The molecular formula is C13H17N3O. The molecule has 1 aromatic heterocycles. The summed E-state index contributed by atoms with van der Waals surface area (Å²) in [5, 5.41) is 3.97. The molecule has 1 atom stereocenters. The summed E-state index contributed by atoms with van der Waals surface area (Å²) in [6.07, 6.45) is 1.93. The second-order valence-electron chi connectivity index (χ2n) is 4.35. The van der Waals surface area contributed by atoms with Crippen LogP contribution in [0.3, 0.4) is 0 Å². The third-order valence-electron chi connectivity index (χ3n) is 2.83. The van der Waals surface area contributed by atoms with Gasteiger partial charge in [0.2, 0.25) is 11.7 Å². The number of hydrogen-bond donors (Lipinski definition) is 1. The zero-order chi connectivity index (χ0) is 12.3. The standard InChI is InChI=1S/C13H17N3O/c1-3-9(2)7-12-15-13(16-17-12)10-5-4-6-11(14)8-10/h4-6,8-9H,3,7,14H2,1-2H3. The van der Waals surface area contributed by atoms with Crippen molar-refractivity contribution >= 4 is 5.69 Å². The molecule has 0 aliphatic heterocycles. The predicted octanol–water partition coefficient (Wildman–Crippen LogP) is 2.91. The Morgan fingerprint density at radius 2 is 2.24 bits per heavy atom. The van der Waals surface area contributed by atoms with Crippen LogP contribution in [0.4, 0.5) is 5.69 Å². The van der Waals surface area contributed by atoms with Crippen molar-refractivity contribution in [3.05, 3.63) is 30.2 Å². The van der Waals surface area contributed by atoms with Crippen LogP contribution in [0.1, 0.15) is 26.2 Å². The minimum atomic E-state index is 0.559. The van der Waals surface area contributed by atoms with Crippen molar-refractivity contribution in [1.29, 1.82) is 0 Å². The fourth-order valence-corrected chi connectivity index (χ4v) is 1.58. The van der Waals surface area contributed by atoms with E-state index in [1.54, 1.807) is 0 Å². The van der Waals surface area contributed by atoms with Gasteiger partial charge in [-0.15, -0.1) is 0 Å². The summed E-state index contributed by atoms with van der Waals surface area (Å²) in [4.78, 5) is 4.38. The quantitative estimate of drug-likeness (QED) is 0.822. The van der Waals surface area contributed by atoms with Crippen LogP contribution in [0, 0.1) is 5.92 Å². The summed E-state index contributed by atoms with van der Waals surface area (Å²) >= 11 is 0. The maximum Gasteiger partial charge on any atom is 0.227 e. The van der Waals surface area contributed by atoms with Gasteiger partial charge < -0.3 is 10.3 Å². The third kappa shape index (κ3) is 2.84. The van der Waals surface area contributed by atoms with E-state index in [9.17, 15) is 0 Å². The Labute approximate surface area is 101 Å². The minimum Gasteiger partial charge on any atom is -0.399 e. The van der Waals surface area contributed by atoms with Crippen LogP contribution in [-0.2, 0) is 6.42 Å². The first-order chi connectivity index (χ1) is 8.19. The third-order valence-corrected chi connectivity index (χ3v) is 2.83. The first-order valence-electron chi connectivity index (χ1n) is 5.87. The van der Waals surface area contributed by atoms with Crippen LogP contribution in [0.2, 0.25) is 0 Å². The Morgan fingerprint density at radius 1 is 1.41 bits per heavy atom. The van der Waals surface area contributed by atoms with Gasteiger partial charge in [0.15, 0.2) is 0 Å². The topological polar surface area (TPSA) is 64.9 Å².